The molecule has 1 aliphatic heterocycles. The van der Waals surface area contributed by atoms with Crippen LogP contribution in [0.2, 0.25) is 0 Å². The van der Waals surface area contributed by atoms with Gasteiger partial charge in [-0.25, -0.2) is 4.79 Å². The number of aromatic hydroxyl groups is 1. The number of carboxylic acid groups (broad SMARTS) is 1. The Morgan fingerprint density at radius 1 is 0.897 bits per heavy atom. The van der Waals surface area contributed by atoms with Crippen molar-refractivity contribution in [3.8, 4) is 11.5 Å². The number of aliphatic hydroxyl groups is 3. The molecule has 3 rings (SSSR count). The van der Waals surface area contributed by atoms with E-state index in [4.69, 9.17) is 14.6 Å². The van der Waals surface area contributed by atoms with E-state index in [1.807, 2.05) is 38.1 Å². The van der Waals surface area contributed by atoms with Gasteiger partial charge in [0.1, 0.15) is 29.8 Å². The maximum absolute atomic E-state index is 11.2. The number of rotatable bonds is 5. The maximum Gasteiger partial charge on any atom is 0.335 e. The van der Waals surface area contributed by atoms with Gasteiger partial charge in [0, 0.05) is 5.41 Å². The van der Waals surface area contributed by atoms with E-state index in [1.165, 1.54) is 0 Å². The number of carbonyl (C=O) groups is 1. The molecule has 1 heterocycles. The molecular formula is C21H24O8. The maximum atomic E-state index is 11.2. The van der Waals surface area contributed by atoms with Crippen molar-refractivity contribution in [2.75, 3.05) is 0 Å². The molecule has 0 radical (unpaired) electrons. The molecule has 29 heavy (non-hydrogen) atoms. The summed E-state index contributed by atoms with van der Waals surface area (Å²) in [7, 11) is 0. The number of carboxylic acids is 1. The number of hydrogen-bond acceptors (Lipinski definition) is 7. The number of aliphatic hydroxyl groups excluding tert-OH is 3. The third-order valence-electron chi connectivity index (χ3n) is 5.23. The summed E-state index contributed by atoms with van der Waals surface area (Å²) in [6.07, 6.45) is -8.27. The molecule has 8 nitrogen and oxygen atoms in total. The summed E-state index contributed by atoms with van der Waals surface area (Å²) in [5, 5.41) is 48.2. The minimum absolute atomic E-state index is 0.186. The van der Waals surface area contributed by atoms with Crippen molar-refractivity contribution in [3.63, 3.8) is 0 Å². The Balaban J connectivity index is 1.76. The summed E-state index contributed by atoms with van der Waals surface area (Å²) < 4.78 is 10.6. The topological polar surface area (TPSA) is 137 Å². The van der Waals surface area contributed by atoms with Crippen LogP contribution in [0.5, 0.6) is 11.5 Å². The fraction of sp³-hybridized carbons (Fsp3) is 0.381. The van der Waals surface area contributed by atoms with Gasteiger partial charge in [0.15, 0.2) is 6.10 Å². The molecule has 0 spiro atoms. The Morgan fingerprint density at radius 3 is 1.93 bits per heavy atom. The molecule has 2 aromatic rings. The lowest BCUT2D eigenvalue weighted by molar-refractivity contribution is -0.271. The van der Waals surface area contributed by atoms with Gasteiger partial charge >= 0.3 is 5.97 Å². The minimum atomic E-state index is -1.77. The highest BCUT2D eigenvalue weighted by Crippen LogP contribution is 2.33. The molecule has 0 aliphatic carbocycles. The summed E-state index contributed by atoms with van der Waals surface area (Å²) in [5.74, 6) is -0.985. The molecule has 156 valence electrons. The average molecular weight is 416 g/mol. The van der Waals surface area contributed by atoms with Crippen LogP contribution in [0, 0.1) is 0 Å². The largest absolute Gasteiger partial charge is 0.508 e. The lowest BCUT2D eigenvalue weighted by Gasteiger charge is -2.38. The molecular weight excluding hydrogens is 392 g/mol. The van der Waals surface area contributed by atoms with Crippen LogP contribution in [-0.4, -0.2) is 62.2 Å². The first-order valence-corrected chi connectivity index (χ1v) is 9.10. The van der Waals surface area contributed by atoms with E-state index in [0.717, 1.165) is 11.1 Å². The van der Waals surface area contributed by atoms with Gasteiger partial charge in [-0.05, 0) is 35.4 Å². The third kappa shape index (κ3) is 4.20. The normalized spacial score (nSPS) is 27.4. The summed E-state index contributed by atoms with van der Waals surface area (Å²) >= 11 is 0. The number of phenols is 1. The van der Waals surface area contributed by atoms with Gasteiger partial charge < -0.3 is 35.0 Å². The molecule has 2 aromatic carbocycles. The Labute approximate surface area is 167 Å². The van der Waals surface area contributed by atoms with Crippen molar-refractivity contribution in [1.82, 2.24) is 0 Å². The fourth-order valence-corrected chi connectivity index (χ4v) is 3.28. The Morgan fingerprint density at radius 2 is 1.41 bits per heavy atom. The van der Waals surface area contributed by atoms with Gasteiger partial charge in [-0.1, -0.05) is 38.1 Å². The highest BCUT2D eigenvalue weighted by Gasteiger charge is 2.48. The monoisotopic (exact) mass is 416 g/mol. The number of aliphatic carboxylic acids is 1. The molecule has 0 bridgehead atoms. The van der Waals surface area contributed by atoms with Gasteiger partial charge in [0.05, 0.1) is 0 Å². The molecule has 8 heteroatoms. The zero-order valence-electron chi connectivity index (χ0n) is 16.0. The molecule has 0 saturated carbocycles. The van der Waals surface area contributed by atoms with Crippen molar-refractivity contribution < 1.29 is 39.8 Å². The van der Waals surface area contributed by atoms with E-state index in [2.05, 4.69) is 0 Å². The van der Waals surface area contributed by atoms with Crippen LogP contribution in [0.15, 0.2) is 48.5 Å². The zero-order valence-corrected chi connectivity index (χ0v) is 16.0. The molecule has 5 N–H and O–H groups in total. The third-order valence-corrected chi connectivity index (χ3v) is 5.23. The van der Waals surface area contributed by atoms with E-state index >= 15 is 0 Å². The van der Waals surface area contributed by atoms with E-state index in [-0.39, 0.29) is 11.2 Å². The smallest absolute Gasteiger partial charge is 0.335 e. The van der Waals surface area contributed by atoms with Crippen LogP contribution >= 0.6 is 0 Å². The van der Waals surface area contributed by atoms with Crippen LogP contribution in [0.4, 0.5) is 0 Å². The Bertz CT molecular complexity index is 846. The van der Waals surface area contributed by atoms with E-state index in [9.17, 15) is 25.2 Å². The lowest BCUT2D eigenvalue weighted by Crippen LogP contribution is -2.61. The van der Waals surface area contributed by atoms with Gasteiger partial charge in [0.25, 0.3) is 0 Å². The molecule has 0 unspecified atom stereocenters. The molecule has 1 saturated heterocycles. The fourth-order valence-electron chi connectivity index (χ4n) is 3.28. The average Bonchev–Trinajstić information content (AvgIpc) is 2.69. The quantitative estimate of drug-likeness (QED) is 0.455. The second-order valence-electron chi connectivity index (χ2n) is 7.55. The summed E-state index contributed by atoms with van der Waals surface area (Å²) in [6.45, 7) is 4.05. The standard InChI is InChI=1S/C21H24O8/c1-21(2,11-3-7-13(22)8-4-11)12-5-9-14(10-6-12)28-20-17(25)15(23)16(24)18(29-20)19(26)27/h3-10,15-18,20,22-25H,1-2H3,(H,26,27)/t15-,16-,17+,18-,20+/m0/s1/i5+1,6+1,9+1,10+1,12+1,14+1,15+1,16+1,17+1,18+1,19+1,20+1. The first kappa shape index (κ1) is 21.1. The van der Waals surface area contributed by atoms with Gasteiger partial charge in [0.2, 0.25) is 6.29 Å². The number of hydrogen-bond donors (Lipinski definition) is 5. The predicted octanol–water partition coefficient (Wildman–Crippen LogP) is 0.989. The van der Waals surface area contributed by atoms with Crippen molar-refractivity contribution in [1.29, 1.82) is 0 Å². The summed E-state index contributed by atoms with van der Waals surface area (Å²) in [5.41, 5.74) is 1.60. The molecule has 1 fully saturated rings. The van der Waals surface area contributed by atoms with Crippen LogP contribution in [0.1, 0.15) is 25.0 Å². The lowest BCUT2D eigenvalue weighted by atomic mass is 9.91. The van der Waals surface area contributed by atoms with E-state index in [1.54, 1.807) is 24.3 Å². The van der Waals surface area contributed by atoms with Crippen LogP contribution in [0.25, 0.3) is 0 Å². The summed E-state index contributed by atoms with van der Waals surface area (Å²) in [6, 6.07) is 13.8. The van der Waals surface area contributed by atoms with Crippen molar-refractivity contribution >= 4 is 5.97 Å². The van der Waals surface area contributed by atoms with Crippen molar-refractivity contribution in [2.24, 2.45) is 0 Å². The number of phenolic OH excluding ortho intramolecular Hbond substituents is 1. The highest BCUT2D eigenvalue weighted by molar-refractivity contribution is 5.73. The van der Waals surface area contributed by atoms with Gasteiger partial charge in [-0.2, -0.15) is 0 Å². The first-order chi connectivity index (χ1) is 13.6. The predicted molar refractivity (Wildman–Crippen MR) is 102 cm³/mol. The molecule has 5 atom stereocenters. The second-order valence-corrected chi connectivity index (χ2v) is 7.55. The van der Waals surface area contributed by atoms with Crippen molar-refractivity contribution in [2.45, 2.75) is 50.0 Å². The van der Waals surface area contributed by atoms with Crippen LogP contribution in [-0.2, 0) is 14.9 Å². The Kier molecular flexibility index (Phi) is 5.81. The van der Waals surface area contributed by atoms with E-state index in [0.29, 0.717) is 5.75 Å². The molecule has 0 aromatic heterocycles. The Hall–Kier alpha value is -2.65. The van der Waals surface area contributed by atoms with Gasteiger partial charge in [-0.3, -0.25) is 0 Å². The molecule has 0 amide bonds. The highest BCUT2D eigenvalue weighted by atomic mass is 16.9. The minimum Gasteiger partial charge on any atom is -0.508 e. The number of benzene rings is 2. The molecule has 1 aliphatic rings. The van der Waals surface area contributed by atoms with Crippen LogP contribution < -0.4 is 4.74 Å². The second kappa shape index (κ2) is 8.00. The van der Waals surface area contributed by atoms with E-state index < -0.39 is 36.7 Å². The van der Waals surface area contributed by atoms with Crippen molar-refractivity contribution in [3.05, 3.63) is 59.7 Å². The van der Waals surface area contributed by atoms with Crippen LogP contribution in [0.3, 0.4) is 0 Å². The SMILES string of the molecule is CC(C)(c1ccc(O)cc1)[13c]1[13cH][13cH][13c](O[13C@@H]2O[13C@H]([13C](=O)O)[13C@@H](O)[13C@H](O)[13C@H]2O)[13cH][13cH]1. The summed E-state index contributed by atoms with van der Waals surface area (Å²) in [4.78, 5) is 11.2. The van der Waals surface area contributed by atoms with Gasteiger partial charge in [-0.15, -0.1) is 0 Å². The first-order valence-electron chi connectivity index (χ1n) is 9.10. The number of ether oxygens (including phenoxy) is 2. The zero-order chi connectivity index (χ0) is 21.3.